The van der Waals surface area contributed by atoms with E-state index in [2.05, 4.69) is 71.1 Å². The summed E-state index contributed by atoms with van der Waals surface area (Å²) in [6.07, 6.45) is 12.9. The van der Waals surface area contributed by atoms with Gasteiger partial charge < -0.3 is 15.2 Å². The first-order chi connectivity index (χ1) is 17.6. The van der Waals surface area contributed by atoms with E-state index in [1.54, 1.807) is 0 Å². The average Bonchev–Trinajstić information content (AvgIpc) is 3.26. The van der Waals surface area contributed by atoms with Crippen LogP contribution in [0.2, 0.25) is 0 Å². The summed E-state index contributed by atoms with van der Waals surface area (Å²) >= 11 is 0. The molecule has 5 rings (SSSR count). The predicted octanol–water partition coefficient (Wildman–Crippen LogP) is 7.06. The number of hydrogen-bond acceptors (Lipinski definition) is 2. The van der Waals surface area contributed by atoms with E-state index in [0.717, 1.165) is 51.4 Å². The highest BCUT2D eigenvalue weighted by molar-refractivity contribution is 5.87. The summed E-state index contributed by atoms with van der Waals surface area (Å²) in [5.41, 5.74) is 10.9. The largest absolute Gasteiger partial charge is 0.347 e. The van der Waals surface area contributed by atoms with Gasteiger partial charge >= 0.3 is 0 Å². The van der Waals surface area contributed by atoms with Gasteiger partial charge in [-0.2, -0.15) is 0 Å². The summed E-state index contributed by atoms with van der Waals surface area (Å²) in [5.74, 6) is 1.79. The van der Waals surface area contributed by atoms with Crippen LogP contribution in [0.4, 0.5) is 0 Å². The van der Waals surface area contributed by atoms with Crippen molar-refractivity contribution in [3.63, 3.8) is 0 Å². The van der Waals surface area contributed by atoms with Gasteiger partial charge in [0.25, 0.3) is 0 Å². The molecule has 1 saturated carbocycles. The summed E-state index contributed by atoms with van der Waals surface area (Å²) in [6, 6.07) is 17.6. The molecule has 1 unspecified atom stereocenters. The Balaban J connectivity index is 0.00000320. The lowest BCUT2D eigenvalue weighted by Crippen LogP contribution is -2.39. The van der Waals surface area contributed by atoms with Crippen molar-refractivity contribution in [2.24, 2.45) is 17.6 Å². The standard InChI is InChI=1S/C32H43N3O.ClH/c1-24-8-7-11-27(20-24)29(21-32(36)34-18-15-25(14-17-33)16-19-34)30-23-35(22-26-9-3-2-4-10-26)31-13-6-5-12-28(30)31;/h5-8,11-13,20,23,25-26,29H,2-4,9-10,14-19,21-22,33H2,1H3;1H. The number of para-hydroxylation sites is 1. The normalized spacial score (nSPS) is 18.1. The Labute approximate surface area is 229 Å². The number of rotatable bonds is 8. The fraction of sp³-hybridized carbons (Fsp3) is 0.531. The van der Waals surface area contributed by atoms with Crippen molar-refractivity contribution < 1.29 is 4.79 Å². The highest BCUT2D eigenvalue weighted by atomic mass is 35.5. The molecule has 1 aromatic heterocycles. The van der Waals surface area contributed by atoms with E-state index in [4.69, 9.17) is 5.73 Å². The molecule has 3 aromatic rings. The summed E-state index contributed by atoms with van der Waals surface area (Å²) in [6.45, 7) is 5.72. The summed E-state index contributed by atoms with van der Waals surface area (Å²) in [5, 5.41) is 1.30. The first kappa shape index (κ1) is 27.7. The quantitative estimate of drug-likeness (QED) is 0.345. The van der Waals surface area contributed by atoms with Crippen LogP contribution in [-0.4, -0.2) is 35.0 Å². The van der Waals surface area contributed by atoms with Gasteiger partial charge in [0, 0.05) is 49.1 Å². The lowest BCUT2D eigenvalue weighted by molar-refractivity contribution is -0.132. The maximum Gasteiger partial charge on any atom is 0.223 e. The van der Waals surface area contributed by atoms with Gasteiger partial charge in [0.1, 0.15) is 0 Å². The molecule has 200 valence electrons. The van der Waals surface area contributed by atoms with Crippen molar-refractivity contribution in [1.82, 2.24) is 9.47 Å². The number of aryl methyl sites for hydroxylation is 1. The number of fused-ring (bicyclic) bond motifs is 1. The number of carbonyl (C=O) groups excluding carboxylic acids is 1. The Morgan fingerprint density at radius 3 is 2.46 bits per heavy atom. The molecule has 4 nitrogen and oxygen atoms in total. The molecule has 2 fully saturated rings. The molecule has 1 amide bonds. The Bertz CT molecular complexity index is 1160. The summed E-state index contributed by atoms with van der Waals surface area (Å²) in [4.78, 5) is 15.8. The Morgan fingerprint density at radius 2 is 1.73 bits per heavy atom. The number of likely N-dealkylation sites (tertiary alicyclic amines) is 1. The van der Waals surface area contributed by atoms with Gasteiger partial charge in [-0.05, 0) is 74.6 Å². The van der Waals surface area contributed by atoms with E-state index >= 15 is 0 Å². The molecule has 5 heteroatoms. The minimum atomic E-state index is 0. The molecule has 2 N–H and O–H groups in total. The Hall–Kier alpha value is -2.30. The third-order valence-electron chi connectivity index (χ3n) is 8.74. The van der Waals surface area contributed by atoms with Crippen molar-refractivity contribution >= 4 is 29.2 Å². The number of amides is 1. The van der Waals surface area contributed by atoms with Gasteiger partial charge in [0.2, 0.25) is 5.91 Å². The van der Waals surface area contributed by atoms with E-state index < -0.39 is 0 Å². The number of hydrogen-bond donors (Lipinski definition) is 1. The zero-order chi connectivity index (χ0) is 24.9. The van der Waals surface area contributed by atoms with Crippen LogP contribution in [0.15, 0.2) is 54.7 Å². The van der Waals surface area contributed by atoms with Crippen LogP contribution in [0, 0.1) is 18.8 Å². The van der Waals surface area contributed by atoms with Crippen molar-refractivity contribution in [2.45, 2.75) is 77.2 Å². The van der Waals surface area contributed by atoms with Gasteiger partial charge in [0.05, 0.1) is 0 Å². The molecule has 0 radical (unpaired) electrons. The number of piperidine rings is 1. The molecule has 2 heterocycles. The van der Waals surface area contributed by atoms with Gasteiger partial charge in [-0.3, -0.25) is 4.79 Å². The first-order valence-electron chi connectivity index (χ1n) is 14.2. The SMILES string of the molecule is Cc1cccc(C(CC(=O)N2CCC(CCN)CC2)c2cn(CC3CCCCC3)c3ccccc23)c1.Cl. The summed E-state index contributed by atoms with van der Waals surface area (Å²) in [7, 11) is 0. The number of halogens is 1. The number of nitrogens with zero attached hydrogens (tertiary/aromatic N) is 2. The second-order valence-corrected chi connectivity index (χ2v) is 11.3. The maximum absolute atomic E-state index is 13.7. The number of aromatic nitrogens is 1. The van der Waals surface area contributed by atoms with Gasteiger partial charge in [-0.1, -0.05) is 67.3 Å². The zero-order valence-electron chi connectivity index (χ0n) is 22.4. The average molecular weight is 522 g/mol. The molecule has 37 heavy (non-hydrogen) atoms. The predicted molar refractivity (Wildman–Crippen MR) is 156 cm³/mol. The van der Waals surface area contributed by atoms with E-state index in [9.17, 15) is 4.79 Å². The van der Waals surface area contributed by atoms with E-state index in [-0.39, 0.29) is 24.2 Å². The molecule has 1 saturated heterocycles. The van der Waals surface area contributed by atoms with Crippen molar-refractivity contribution in [1.29, 1.82) is 0 Å². The van der Waals surface area contributed by atoms with Gasteiger partial charge in [-0.25, -0.2) is 0 Å². The van der Waals surface area contributed by atoms with Gasteiger partial charge in [0.15, 0.2) is 0 Å². The lowest BCUT2D eigenvalue weighted by Gasteiger charge is -2.33. The van der Waals surface area contributed by atoms with E-state index in [1.807, 2.05) is 0 Å². The van der Waals surface area contributed by atoms with Crippen LogP contribution in [0.3, 0.4) is 0 Å². The van der Waals surface area contributed by atoms with E-state index in [0.29, 0.717) is 12.3 Å². The molecular weight excluding hydrogens is 478 g/mol. The Morgan fingerprint density at radius 1 is 0.973 bits per heavy atom. The molecule has 1 aliphatic carbocycles. The minimum absolute atomic E-state index is 0. The van der Waals surface area contributed by atoms with Crippen LogP contribution in [0.1, 0.15) is 80.4 Å². The molecule has 0 bridgehead atoms. The highest BCUT2D eigenvalue weighted by Crippen LogP contribution is 2.37. The van der Waals surface area contributed by atoms with Crippen LogP contribution in [-0.2, 0) is 11.3 Å². The smallest absolute Gasteiger partial charge is 0.223 e. The summed E-state index contributed by atoms with van der Waals surface area (Å²) < 4.78 is 2.49. The third kappa shape index (κ3) is 6.59. The minimum Gasteiger partial charge on any atom is -0.347 e. The molecule has 0 spiro atoms. The Kier molecular flexibility index (Phi) is 9.72. The van der Waals surface area contributed by atoms with Crippen LogP contribution < -0.4 is 5.73 Å². The van der Waals surface area contributed by atoms with Crippen LogP contribution >= 0.6 is 12.4 Å². The van der Waals surface area contributed by atoms with E-state index in [1.165, 1.54) is 59.7 Å². The third-order valence-corrected chi connectivity index (χ3v) is 8.74. The lowest BCUT2D eigenvalue weighted by atomic mass is 9.86. The maximum atomic E-state index is 13.7. The number of benzene rings is 2. The highest BCUT2D eigenvalue weighted by Gasteiger charge is 2.28. The van der Waals surface area contributed by atoms with Crippen LogP contribution in [0.25, 0.3) is 10.9 Å². The first-order valence-corrected chi connectivity index (χ1v) is 14.2. The molecular formula is C32H44ClN3O. The number of carbonyl (C=O) groups is 1. The fourth-order valence-corrected chi connectivity index (χ4v) is 6.66. The number of nitrogens with two attached hydrogens (primary N) is 1. The molecule has 1 aliphatic heterocycles. The molecule has 2 aromatic carbocycles. The molecule has 1 atom stereocenters. The molecule has 2 aliphatic rings. The van der Waals surface area contributed by atoms with Crippen molar-refractivity contribution in [2.75, 3.05) is 19.6 Å². The fourth-order valence-electron chi connectivity index (χ4n) is 6.66. The van der Waals surface area contributed by atoms with Crippen molar-refractivity contribution in [3.05, 3.63) is 71.4 Å². The van der Waals surface area contributed by atoms with Gasteiger partial charge in [-0.15, -0.1) is 12.4 Å². The van der Waals surface area contributed by atoms with Crippen molar-refractivity contribution in [3.8, 4) is 0 Å². The zero-order valence-corrected chi connectivity index (χ0v) is 23.2. The monoisotopic (exact) mass is 521 g/mol. The van der Waals surface area contributed by atoms with Crippen LogP contribution in [0.5, 0.6) is 0 Å². The topological polar surface area (TPSA) is 51.3 Å². The second-order valence-electron chi connectivity index (χ2n) is 11.3. The second kappa shape index (κ2) is 13.0.